The van der Waals surface area contributed by atoms with Crippen molar-refractivity contribution in [3.05, 3.63) is 47.8 Å². The monoisotopic (exact) mass is 289 g/mol. The van der Waals surface area contributed by atoms with Gasteiger partial charge in [-0.25, -0.2) is 4.68 Å². The summed E-state index contributed by atoms with van der Waals surface area (Å²) >= 11 is 0. The van der Waals surface area contributed by atoms with Crippen LogP contribution < -0.4 is 0 Å². The molecule has 0 radical (unpaired) electrons. The van der Waals surface area contributed by atoms with Crippen LogP contribution in [0.3, 0.4) is 0 Å². The van der Waals surface area contributed by atoms with Crippen molar-refractivity contribution < 1.29 is 9.84 Å². The Bertz CT molecular complexity index is 525. The Morgan fingerprint density at radius 3 is 2.71 bits per heavy atom. The van der Waals surface area contributed by atoms with Gasteiger partial charge in [0.1, 0.15) is 0 Å². The van der Waals surface area contributed by atoms with Crippen LogP contribution in [-0.2, 0) is 24.3 Å². The number of hydrogen-bond acceptors (Lipinski definition) is 4. The van der Waals surface area contributed by atoms with E-state index >= 15 is 0 Å². The van der Waals surface area contributed by atoms with Crippen LogP contribution in [0.1, 0.15) is 25.1 Å². The first-order chi connectivity index (χ1) is 10.1. The number of benzene rings is 1. The maximum absolute atomic E-state index is 9.96. The lowest BCUT2D eigenvalue weighted by molar-refractivity contribution is 0.0185. The summed E-state index contributed by atoms with van der Waals surface area (Å²) in [5.41, 5.74) is 2.06. The van der Waals surface area contributed by atoms with Crippen LogP contribution in [0, 0.1) is 5.92 Å². The van der Waals surface area contributed by atoms with Gasteiger partial charge in [0.2, 0.25) is 0 Å². The molecule has 1 atom stereocenters. The highest BCUT2D eigenvalue weighted by atomic mass is 16.5. The van der Waals surface area contributed by atoms with Crippen molar-refractivity contribution >= 4 is 0 Å². The number of aromatic nitrogens is 3. The number of ether oxygens (including phenoxy) is 1. The standard InChI is InChI=1S/C16H23N3O2/c1-13(2)8-15-9-19(18-17-15)10-16(20)12-21-11-14-6-4-3-5-7-14/h3-7,9,13,16,20H,8,10-12H2,1-2H3/t16-/m1/s1. The van der Waals surface area contributed by atoms with E-state index in [9.17, 15) is 5.11 Å². The lowest BCUT2D eigenvalue weighted by Crippen LogP contribution is -2.22. The molecule has 0 spiro atoms. The zero-order chi connectivity index (χ0) is 15.1. The van der Waals surface area contributed by atoms with Crippen LogP contribution in [0.15, 0.2) is 36.5 Å². The van der Waals surface area contributed by atoms with Crippen molar-refractivity contribution in [3.63, 3.8) is 0 Å². The summed E-state index contributed by atoms with van der Waals surface area (Å²) in [6.45, 7) is 5.48. The molecule has 2 aromatic rings. The van der Waals surface area contributed by atoms with Crippen LogP contribution in [0.5, 0.6) is 0 Å². The van der Waals surface area contributed by atoms with E-state index < -0.39 is 6.10 Å². The van der Waals surface area contributed by atoms with Gasteiger partial charge >= 0.3 is 0 Å². The predicted octanol–water partition coefficient (Wildman–Crippen LogP) is 2.05. The minimum Gasteiger partial charge on any atom is -0.389 e. The summed E-state index contributed by atoms with van der Waals surface area (Å²) in [6, 6.07) is 9.92. The number of aliphatic hydroxyl groups is 1. The summed E-state index contributed by atoms with van der Waals surface area (Å²) in [4.78, 5) is 0. The van der Waals surface area contributed by atoms with Crippen molar-refractivity contribution in [1.82, 2.24) is 15.0 Å². The molecular weight excluding hydrogens is 266 g/mol. The van der Waals surface area contributed by atoms with Gasteiger partial charge in [-0.2, -0.15) is 0 Å². The van der Waals surface area contributed by atoms with Gasteiger partial charge in [0.05, 0.1) is 31.6 Å². The van der Waals surface area contributed by atoms with E-state index in [2.05, 4.69) is 24.2 Å². The molecule has 114 valence electrons. The highest BCUT2D eigenvalue weighted by molar-refractivity contribution is 5.13. The summed E-state index contributed by atoms with van der Waals surface area (Å²) in [7, 11) is 0. The molecule has 1 aromatic heterocycles. The van der Waals surface area contributed by atoms with E-state index in [0.29, 0.717) is 19.1 Å². The minimum absolute atomic E-state index is 0.286. The molecule has 0 unspecified atom stereocenters. The van der Waals surface area contributed by atoms with E-state index in [1.165, 1.54) is 0 Å². The van der Waals surface area contributed by atoms with Gasteiger partial charge in [-0.1, -0.05) is 49.4 Å². The molecule has 21 heavy (non-hydrogen) atoms. The van der Waals surface area contributed by atoms with E-state index in [4.69, 9.17) is 4.74 Å². The Morgan fingerprint density at radius 1 is 1.24 bits per heavy atom. The molecule has 0 aliphatic heterocycles. The van der Waals surface area contributed by atoms with Gasteiger partial charge in [0.15, 0.2) is 0 Å². The van der Waals surface area contributed by atoms with E-state index in [0.717, 1.165) is 17.7 Å². The van der Waals surface area contributed by atoms with E-state index in [1.54, 1.807) is 4.68 Å². The second kappa shape index (κ2) is 7.90. The van der Waals surface area contributed by atoms with Crippen molar-refractivity contribution in [2.24, 2.45) is 5.92 Å². The van der Waals surface area contributed by atoms with Crippen LogP contribution in [0.25, 0.3) is 0 Å². The Kier molecular flexibility index (Phi) is 5.90. The normalized spacial score (nSPS) is 12.8. The third kappa shape index (κ3) is 5.65. The quantitative estimate of drug-likeness (QED) is 0.808. The first kappa shape index (κ1) is 15.7. The minimum atomic E-state index is -0.581. The van der Waals surface area contributed by atoms with Crippen LogP contribution in [-0.4, -0.2) is 32.8 Å². The Morgan fingerprint density at radius 2 is 2.00 bits per heavy atom. The van der Waals surface area contributed by atoms with E-state index in [-0.39, 0.29) is 6.61 Å². The lowest BCUT2D eigenvalue weighted by Gasteiger charge is -2.11. The Hall–Kier alpha value is -1.72. The number of aliphatic hydroxyl groups excluding tert-OH is 1. The average Bonchev–Trinajstić information content (AvgIpc) is 2.86. The lowest BCUT2D eigenvalue weighted by atomic mass is 10.1. The molecule has 0 saturated heterocycles. The molecule has 1 aromatic carbocycles. The first-order valence-electron chi connectivity index (χ1n) is 7.32. The van der Waals surface area contributed by atoms with Gasteiger partial charge in [0.25, 0.3) is 0 Å². The van der Waals surface area contributed by atoms with Gasteiger partial charge in [0, 0.05) is 6.20 Å². The third-order valence-electron chi connectivity index (χ3n) is 3.02. The van der Waals surface area contributed by atoms with Crippen LogP contribution in [0.4, 0.5) is 0 Å². The van der Waals surface area contributed by atoms with Crippen molar-refractivity contribution in [1.29, 1.82) is 0 Å². The van der Waals surface area contributed by atoms with Gasteiger partial charge < -0.3 is 9.84 Å². The van der Waals surface area contributed by atoms with Crippen LogP contribution in [0.2, 0.25) is 0 Å². The van der Waals surface area contributed by atoms with E-state index in [1.807, 2.05) is 36.5 Å². The fourth-order valence-electron chi connectivity index (χ4n) is 2.10. The fraction of sp³-hybridized carbons (Fsp3) is 0.500. The summed E-state index contributed by atoms with van der Waals surface area (Å²) in [5, 5.41) is 18.1. The third-order valence-corrected chi connectivity index (χ3v) is 3.02. The first-order valence-corrected chi connectivity index (χ1v) is 7.32. The van der Waals surface area contributed by atoms with Crippen molar-refractivity contribution in [3.8, 4) is 0 Å². The smallest absolute Gasteiger partial charge is 0.0969 e. The summed E-state index contributed by atoms with van der Waals surface area (Å²) in [5.74, 6) is 0.550. The van der Waals surface area contributed by atoms with Crippen LogP contribution >= 0.6 is 0 Å². The highest BCUT2D eigenvalue weighted by Gasteiger charge is 2.09. The molecule has 0 aliphatic carbocycles. The van der Waals surface area contributed by atoms with Gasteiger partial charge in [-0.15, -0.1) is 5.10 Å². The summed E-state index contributed by atoms with van der Waals surface area (Å²) in [6.07, 6.45) is 2.21. The molecule has 1 heterocycles. The Labute approximate surface area is 125 Å². The SMILES string of the molecule is CC(C)Cc1cn(C[C@@H](O)COCc2ccccc2)nn1. The Balaban J connectivity index is 1.71. The molecule has 1 N–H and O–H groups in total. The maximum Gasteiger partial charge on any atom is 0.0969 e. The molecule has 0 saturated carbocycles. The second-order valence-electron chi connectivity index (χ2n) is 5.68. The summed E-state index contributed by atoms with van der Waals surface area (Å²) < 4.78 is 7.19. The number of rotatable bonds is 8. The zero-order valence-electron chi connectivity index (χ0n) is 12.6. The van der Waals surface area contributed by atoms with Crippen molar-refractivity contribution in [2.75, 3.05) is 6.61 Å². The molecule has 0 fully saturated rings. The molecule has 5 heteroatoms. The average molecular weight is 289 g/mol. The fourth-order valence-corrected chi connectivity index (χ4v) is 2.10. The molecule has 0 amide bonds. The number of nitrogens with zero attached hydrogens (tertiary/aromatic N) is 3. The molecular formula is C16H23N3O2. The molecule has 0 bridgehead atoms. The topological polar surface area (TPSA) is 60.2 Å². The largest absolute Gasteiger partial charge is 0.389 e. The zero-order valence-corrected chi connectivity index (χ0v) is 12.6. The van der Waals surface area contributed by atoms with Gasteiger partial charge in [-0.05, 0) is 17.9 Å². The second-order valence-corrected chi connectivity index (χ2v) is 5.68. The molecule has 2 rings (SSSR count). The predicted molar refractivity (Wildman–Crippen MR) is 80.7 cm³/mol. The van der Waals surface area contributed by atoms with Crippen molar-refractivity contribution in [2.45, 2.75) is 39.5 Å². The maximum atomic E-state index is 9.96. The van der Waals surface area contributed by atoms with Gasteiger partial charge in [-0.3, -0.25) is 0 Å². The molecule has 0 aliphatic rings. The number of hydrogen-bond donors (Lipinski definition) is 1. The molecule has 5 nitrogen and oxygen atoms in total. The highest BCUT2D eigenvalue weighted by Crippen LogP contribution is 2.05.